The van der Waals surface area contributed by atoms with Crippen LogP contribution >= 0.6 is 0 Å². The zero-order valence-electron chi connectivity index (χ0n) is 15.8. The van der Waals surface area contributed by atoms with Crippen molar-refractivity contribution >= 4 is 19.0 Å². The molecule has 1 atom stereocenters. The van der Waals surface area contributed by atoms with E-state index in [4.69, 9.17) is 9.39 Å². The molecule has 2 aliphatic rings. The molecule has 0 spiro atoms. The Labute approximate surface area is 167 Å². The third kappa shape index (κ3) is 3.66. The van der Waals surface area contributed by atoms with Gasteiger partial charge in [0.15, 0.2) is 0 Å². The number of hydrogen-bond donors (Lipinski definition) is 4. The van der Waals surface area contributed by atoms with Crippen molar-refractivity contribution in [2.45, 2.75) is 24.9 Å². The van der Waals surface area contributed by atoms with E-state index in [1.165, 1.54) is 6.33 Å². The van der Waals surface area contributed by atoms with Crippen molar-refractivity contribution in [2.24, 2.45) is 0 Å². The van der Waals surface area contributed by atoms with Crippen LogP contribution in [0.2, 0.25) is 6.32 Å². The van der Waals surface area contributed by atoms with Gasteiger partial charge in [-0.3, -0.25) is 4.79 Å². The van der Waals surface area contributed by atoms with Crippen LogP contribution in [-0.2, 0) is 11.2 Å². The number of H-pyrrole nitrogens is 1. The Hall–Kier alpha value is -3.05. The minimum Gasteiger partial charge on any atom is -0.535 e. The highest BCUT2D eigenvalue weighted by atomic mass is 16.5. The monoisotopic (exact) mass is 400 g/mol. The van der Waals surface area contributed by atoms with Gasteiger partial charge in [0, 0.05) is 6.20 Å². The number of aryl methyl sites for hydroxylation is 1. The molecule has 29 heavy (non-hydrogen) atoms. The van der Waals surface area contributed by atoms with E-state index in [2.05, 4.69) is 15.3 Å². The summed E-state index contributed by atoms with van der Waals surface area (Å²) in [5.74, 6) is -1.00. The van der Waals surface area contributed by atoms with Crippen molar-refractivity contribution in [1.82, 2.24) is 20.2 Å². The number of imidazole rings is 1. The van der Waals surface area contributed by atoms with Gasteiger partial charge in [0.05, 0.1) is 25.1 Å². The fraction of sp³-hybridized carbons (Fsp3) is 0.389. The summed E-state index contributed by atoms with van der Waals surface area (Å²) in [5, 5.41) is 22.3. The van der Waals surface area contributed by atoms with Crippen molar-refractivity contribution in [3.63, 3.8) is 0 Å². The summed E-state index contributed by atoms with van der Waals surface area (Å²) in [6.07, 6.45) is 3.78. The van der Waals surface area contributed by atoms with E-state index in [1.807, 2.05) is 0 Å². The van der Waals surface area contributed by atoms with Crippen molar-refractivity contribution < 1.29 is 29.1 Å². The average Bonchev–Trinajstić information content (AvgIpc) is 3.18. The summed E-state index contributed by atoms with van der Waals surface area (Å²) in [5.41, 5.74) is 1.22. The van der Waals surface area contributed by atoms with Crippen LogP contribution in [0.1, 0.15) is 27.7 Å². The summed E-state index contributed by atoms with van der Waals surface area (Å²) >= 11 is 0. The highest BCUT2D eigenvalue weighted by Gasteiger charge is 2.38. The van der Waals surface area contributed by atoms with Gasteiger partial charge >= 0.3 is 13.1 Å². The molecule has 2 aromatic rings. The molecule has 1 aromatic heterocycles. The van der Waals surface area contributed by atoms with E-state index in [0.717, 1.165) is 5.56 Å². The second kappa shape index (κ2) is 7.76. The summed E-state index contributed by atoms with van der Waals surface area (Å²) in [4.78, 5) is 33.0. The van der Waals surface area contributed by atoms with Gasteiger partial charge in [-0.15, -0.1) is 0 Å². The number of likely N-dealkylation sites (tertiary alicyclic amines) is 1. The molecule has 2 aliphatic heterocycles. The predicted octanol–water partition coefficient (Wildman–Crippen LogP) is 0.0736. The fourth-order valence-electron chi connectivity index (χ4n) is 3.60. The van der Waals surface area contributed by atoms with Crippen LogP contribution in [0, 0.1) is 0 Å². The Bertz CT molecular complexity index is 915. The maximum Gasteiger partial charge on any atom is 0.522 e. The molecule has 3 heterocycles. The van der Waals surface area contributed by atoms with Gasteiger partial charge in [-0.25, -0.2) is 9.78 Å². The molecule has 10 nitrogen and oxygen atoms in total. The Morgan fingerprint density at radius 1 is 1.45 bits per heavy atom. The Morgan fingerprint density at radius 3 is 2.90 bits per heavy atom. The molecule has 0 saturated carbocycles. The molecule has 0 aliphatic carbocycles. The fourth-order valence-corrected chi connectivity index (χ4v) is 3.60. The van der Waals surface area contributed by atoms with Crippen LogP contribution in [0.5, 0.6) is 11.5 Å². The molecule has 1 unspecified atom stereocenters. The van der Waals surface area contributed by atoms with Gasteiger partial charge in [0.1, 0.15) is 29.2 Å². The number of carboxylic acids is 1. The number of aromatic carboxylic acids is 1. The number of ether oxygens (including phenoxy) is 1. The number of aromatic amines is 1. The number of hydrogen-bond acceptors (Lipinski definition) is 7. The first-order valence-electron chi connectivity index (χ1n) is 9.33. The number of rotatable bonds is 6. The molecule has 152 valence electrons. The van der Waals surface area contributed by atoms with Crippen molar-refractivity contribution in [3.05, 3.63) is 41.5 Å². The molecule has 4 rings (SSSR count). The number of aromatic nitrogens is 2. The summed E-state index contributed by atoms with van der Waals surface area (Å²) in [6.45, 7) is 0.669. The van der Waals surface area contributed by atoms with Crippen LogP contribution in [0.3, 0.4) is 0 Å². The molecule has 1 aromatic carbocycles. The molecule has 4 N–H and O–H groups in total. The molecule has 0 bridgehead atoms. The Kier molecular flexibility index (Phi) is 5.16. The first-order valence-corrected chi connectivity index (χ1v) is 9.33. The normalized spacial score (nSPS) is 17.2. The van der Waals surface area contributed by atoms with Crippen molar-refractivity contribution in [1.29, 1.82) is 0 Å². The van der Waals surface area contributed by atoms with E-state index in [9.17, 15) is 19.7 Å². The second-order valence-electron chi connectivity index (χ2n) is 7.04. The summed E-state index contributed by atoms with van der Waals surface area (Å²) < 4.78 is 11.2. The topological polar surface area (TPSA) is 137 Å². The summed E-state index contributed by atoms with van der Waals surface area (Å²) in [6, 6.07) is 2.79. The van der Waals surface area contributed by atoms with E-state index < -0.39 is 19.1 Å². The first kappa shape index (κ1) is 19.3. The van der Waals surface area contributed by atoms with E-state index in [-0.39, 0.29) is 29.1 Å². The maximum atomic E-state index is 12.7. The van der Waals surface area contributed by atoms with Gasteiger partial charge in [0.25, 0.3) is 0 Å². The third-order valence-electron chi connectivity index (χ3n) is 5.13. The lowest BCUT2D eigenvalue weighted by molar-refractivity contribution is -0.142. The van der Waals surface area contributed by atoms with Gasteiger partial charge in [-0.05, 0) is 31.4 Å². The highest BCUT2D eigenvalue weighted by Crippen LogP contribution is 2.37. The zero-order valence-corrected chi connectivity index (χ0v) is 15.8. The van der Waals surface area contributed by atoms with Crippen LogP contribution in [0.15, 0.2) is 24.7 Å². The maximum absolute atomic E-state index is 12.7. The minimum absolute atomic E-state index is 0.101. The van der Waals surface area contributed by atoms with E-state index >= 15 is 0 Å². The number of carbonyl (C=O) groups excluding carboxylic acids is 1. The average molecular weight is 400 g/mol. The Balaban J connectivity index is 1.45. The van der Waals surface area contributed by atoms with Crippen LogP contribution < -0.4 is 14.7 Å². The number of nitrogens with one attached hydrogen (secondary N) is 2. The van der Waals surface area contributed by atoms with Gasteiger partial charge in [0.2, 0.25) is 5.91 Å². The lowest BCUT2D eigenvalue weighted by Gasteiger charge is -2.40. The molecule has 0 radical (unpaired) electrons. The number of nitrogens with zero attached hydrogens (tertiary/aromatic N) is 2. The standard InChI is InChI=1S/C18H21BN4O6/c1-20-15(12-6-21-9-22-12)17(24)23-7-11(8-23)28-13-3-2-10-4-5-19(27)29-16(10)14(13)18(25)26/h2-3,6,9,11,15,20,27H,4-5,7-8H2,1H3,(H,21,22)(H,25,26). The van der Waals surface area contributed by atoms with Gasteiger partial charge in [-0.1, -0.05) is 6.07 Å². The highest BCUT2D eigenvalue weighted by molar-refractivity contribution is 6.44. The van der Waals surface area contributed by atoms with Gasteiger partial charge in [-0.2, -0.15) is 0 Å². The SMILES string of the molecule is CNC(C(=O)N1CC(Oc2ccc3c(c2C(=O)O)OB(O)CC3)C1)c1c[nH]cn1. The lowest BCUT2D eigenvalue weighted by Crippen LogP contribution is -2.58. The zero-order chi connectivity index (χ0) is 20.5. The van der Waals surface area contributed by atoms with Crippen molar-refractivity contribution in [2.75, 3.05) is 20.1 Å². The second-order valence-corrected chi connectivity index (χ2v) is 7.04. The van der Waals surface area contributed by atoms with E-state index in [1.54, 1.807) is 30.3 Å². The van der Waals surface area contributed by atoms with Gasteiger partial charge < -0.3 is 34.7 Å². The molecule has 1 amide bonds. The molecular weight excluding hydrogens is 379 g/mol. The lowest BCUT2D eigenvalue weighted by atomic mass is 9.78. The first-order chi connectivity index (χ1) is 14.0. The predicted molar refractivity (Wildman–Crippen MR) is 102 cm³/mol. The Morgan fingerprint density at radius 2 is 2.24 bits per heavy atom. The number of likely N-dealkylation sites (N-methyl/N-ethyl adjacent to an activating group) is 1. The van der Waals surface area contributed by atoms with Crippen LogP contribution in [-0.4, -0.2) is 70.2 Å². The van der Waals surface area contributed by atoms with Crippen LogP contribution in [0.4, 0.5) is 0 Å². The van der Waals surface area contributed by atoms with Crippen LogP contribution in [0.25, 0.3) is 0 Å². The number of amides is 1. The number of carboxylic acid groups (broad SMARTS) is 1. The van der Waals surface area contributed by atoms with E-state index in [0.29, 0.717) is 31.5 Å². The smallest absolute Gasteiger partial charge is 0.522 e. The molecule has 1 saturated heterocycles. The number of benzene rings is 1. The number of carbonyl (C=O) groups is 2. The summed E-state index contributed by atoms with van der Waals surface area (Å²) in [7, 11) is 0.652. The quantitative estimate of drug-likeness (QED) is 0.500. The minimum atomic E-state index is -1.19. The van der Waals surface area contributed by atoms with Crippen molar-refractivity contribution in [3.8, 4) is 11.5 Å². The molecule has 1 fully saturated rings. The molecular formula is C18H21BN4O6. The number of fused-ring (bicyclic) bond motifs is 1. The third-order valence-corrected chi connectivity index (χ3v) is 5.13. The molecule has 11 heteroatoms. The largest absolute Gasteiger partial charge is 0.535 e.